The molecule has 22 heavy (non-hydrogen) atoms. The number of amides is 2. The summed E-state index contributed by atoms with van der Waals surface area (Å²) in [6, 6.07) is 5.93. The molecule has 1 aromatic carbocycles. The number of aromatic nitrogens is 1. The topological polar surface area (TPSA) is 100 Å². The molecule has 0 aliphatic rings. The number of carbonyl (C=O) groups excluding carboxylic acids is 1. The molecule has 2 aromatic rings. The lowest BCUT2D eigenvalue weighted by Crippen LogP contribution is -2.19. The van der Waals surface area contributed by atoms with Gasteiger partial charge in [-0.2, -0.15) is 0 Å². The quantitative estimate of drug-likeness (QED) is 0.796. The molecule has 0 unspecified atom stereocenters. The number of urea groups is 1. The minimum Gasteiger partial charge on any atom is -0.308 e. The molecule has 0 saturated carbocycles. The van der Waals surface area contributed by atoms with Gasteiger partial charge in [-0.05, 0) is 38.1 Å². The maximum absolute atomic E-state index is 11.8. The first-order valence-electron chi connectivity index (χ1n) is 6.33. The van der Waals surface area contributed by atoms with Gasteiger partial charge in [-0.3, -0.25) is 10.0 Å². The van der Waals surface area contributed by atoms with Crippen LogP contribution in [-0.2, 0) is 10.0 Å². The number of nitrogens with one attached hydrogen (secondary N) is 3. The van der Waals surface area contributed by atoms with Crippen molar-refractivity contribution in [1.82, 2.24) is 4.98 Å². The van der Waals surface area contributed by atoms with E-state index in [0.29, 0.717) is 16.5 Å². The molecule has 0 saturated heterocycles. The SMILES string of the molecule is Cc1nc(NC(=O)Nc2ccc(NS(C)(=O)=O)cc2)sc1C. The second-order valence-corrected chi connectivity index (χ2v) is 7.64. The molecule has 0 fully saturated rings. The fourth-order valence-electron chi connectivity index (χ4n) is 1.62. The Morgan fingerprint density at radius 2 is 1.68 bits per heavy atom. The molecule has 118 valence electrons. The van der Waals surface area contributed by atoms with E-state index in [1.807, 2.05) is 13.8 Å². The van der Waals surface area contributed by atoms with Crippen molar-refractivity contribution in [3.8, 4) is 0 Å². The van der Waals surface area contributed by atoms with Crippen LogP contribution in [-0.4, -0.2) is 25.7 Å². The highest BCUT2D eigenvalue weighted by Gasteiger charge is 2.08. The van der Waals surface area contributed by atoms with Gasteiger partial charge in [0.25, 0.3) is 0 Å². The van der Waals surface area contributed by atoms with E-state index in [0.717, 1.165) is 16.8 Å². The van der Waals surface area contributed by atoms with E-state index in [9.17, 15) is 13.2 Å². The van der Waals surface area contributed by atoms with Gasteiger partial charge >= 0.3 is 6.03 Å². The molecule has 0 spiro atoms. The Hall–Kier alpha value is -2.13. The average molecular weight is 340 g/mol. The number of sulfonamides is 1. The summed E-state index contributed by atoms with van der Waals surface area (Å²) in [5.74, 6) is 0. The number of benzene rings is 1. The Kier molecular flexibility index (Phi) is 4.67. The third-order valence-corrected chi connectivity index (χ3v) is 4.29. The minimum absolute atomic E-state index is 0.405. The maximum atomic E-state index is 11.8. The van der Waals surface area contributed by atoms with Crippen LogP contribution in [0.5, 0.6) is 0 Å². The Balaban J connectivity index is 1.97. The van der Waals surface area contributed by atoms with Gasteiger partial charge in [0.2, 0.25) is 10.0 Å². The number of thiazole rings is 1. The first-order valence-corrected chi connectivity index (χ1v) is 9.03. The van der Waals surface area contributed by atoms with Crippen molar-refractivity contribution in [2.24, 2.45) is 0 Å². The van der Waals surface area contributed by atoms with Gasteiger partial charge in [0.05, 0.1) is 11.9 Å². The van der Waals surface area contributed by atoms with Crippen LogP contribution in [0.15, 0.2) is 24.3 Å². The van der Waals surface area contributed by atoms with Crippen molar-refractivity contribution in [1.29, 1.82) is 0 Å². The minimum atomic E-state index is -3.31. The highest BCUT2D eigenvalue weighted by molar-refractivity contribution is 7.92. The maximum Gasteiger partial charge on any atom is 0.325 e. The lowest BCUT2D eigenvalue weighted by atomic mass is 10.3. The van der Waals surface area contributed by atoms with Gasteiger partial charge < -0.3 is 5.32 Å². The van der Waals surface area contributed by atoms with Crippen LogP contribution in [0.3, 0.4) is 0 Å². The van der Waals surface area contributed by atoms with Gasteiger partial charge in [-0.15, -0.1) is 11.3 Å². The van der Waals surface area contributed by atoms with Gasteiger partial charge in [0.1, 0.15) is 0 Å². The summed E-state index contributed by atoms with van der Waals surface area (Å²) in [6.07, 6.45) is 1.07. The van der Waals surface area contributed by atoms with Crippen LogP contribution >= 0.6 is 11.3 Å². The number of hydrogen-bond donors (Lipinski definition) is 3. The van der Waals surface area contributed by atoms with Crippen molar-refractivity contribution in [2.45, 2.75) is 13.8 Å². The molecular formula is C13H16N4O3S2. The molecule has 0 bridgehead atoms. The normalized spacial score (nSPS) is 11.0. The summed E-state index contributed by atoms with van der Waals surface area (Å²) in [5, 5.41) is 5.83. The summed E-state index contributed by atoms with van der Waals surface area (Å²) in [6.45, 7) is 3.81. The first kappa shape index (κ1) is 16.2. The van der Waals surface area contributed by atoms with E-state index < -0.39 is 16.1 Å². The van der Waals surface area contributed by atoms with E-state index in [1.165, 1.54) is 11.3 Å². The van der Waals surface area contributed by atoms with Crippen LogP contribution in [0.2, 0.25) is 0 Å². The van der Waals surface area contributed by atoms with Crippen LogP contribution in [0.25, 0.3) is 0 Å². The van der Waals surface area contributed by atoms with E-state index in [2.05, 4.69) is 20.3 Å². The number of nitrogens with zero attached hydrogens (tertiary/aromatic N) is 1. The van der Waals surface area contributed by atoms with Gasteiger partial charge in [0.15, 0.2) is 5.13 Å². The number of hydrogen-bond acceptors (Lipinski definition) is 5. The summed E-state index contributed by atoms with van der Waals surface area (Å²) in [5.41, 5.74) is 1.86. The van der Waals surface area contributed by atoms with Crippen molar-refractivity contribution in [3.63, 3.8) is 0 Å². The van der Waals surface area contributed by atoms with Crippen LogP contribution in [0.1, 0.15) is 10.6 Å². The smallest absolute Gasteiger partial charge is 0.308 e. The third kappa shape index (κ3) is 4.71. The standard InChI is InChI=1S/C13H16N4O3S2/c1-8-9(2)21-13(14-8)16-12(18)15-10-4-6-11(7-5-10)17-22(3,19)20/h4-7,17H,1-3H3,(H2,14,15,16,18). The molecule has 1 heterocycles. The number of anilines is 3. The Morgan fingerprint density at radius 3 is 2.18 bits per heavy atom. The molecule has 0 aliphatic carbocycles. The summed E-state index contributed by atoms with van der Waals surface area (Å²) >= 11 is 1.40. The molecule has 9 heteroatoms. The molecule has 0 atom stereocenters. The second kappa shape index (κ2) is 6.32. The Labute approximate surface area is 132 Å². The molecule has 0 radical (unpaired) electrons. The third-order valence-electron chi connectivity index (χ3n) is 2.70. The zero-order valence-corrected chi connectivity index (χ0v) is 13.9. The molecular weight excluding hydrogens is 324 g/mol. The fraction of sp³-hybridized carbons (Fsp3) is 0.231. The lowest BCUT2D eigenvalue weighted by Gasteiger charge is -2.07. The predicted octanol–water partition coefficient (Wildman–Crippen LogP) is 2.78. The summed E-state index contributed by atoms with van der Waals surface area (Å²) in [7, 11) is -3.31. The Bertz CT molecular complexity index is 763. The zero-order chi connectivity index (χ0) is 16.3. The van der Waals surface area contributed by atoms with Crippen molar-refractivity contribution < 1.29 is 13.2 Å². The highest BCUT2D eigenvalue weighted by atomic mass is 32.2. The monoisotopic (exact) mass is 340 g/mol. The second-order valence-electron chi connectivity index (χ2n) is 4.69. The van der Waals surface area contributed by atoms with Crippen molar-refractivity contribution >= 4 is 43.9 Å². The molecule has 2 amide bonds. The van der Waals surface area contributed by atoms with Crippen LogP contribution in [0, 0.1) is 13.8 Å². The number of aryl methyl sites for hydroxylation is 2. The van der Waals surface area contributed by atoms with E-state index in [1.54, 1.807) is 24.3 Å². The van der Waals surface area contributed by atoms with Gasteiger partial charge in [-0.1, -0.05) is 0 Å². The average Bonchev–Trinajstić information content (AvgIpc) is 2.68. The number of carbonyl (C=O) groups is 1. The van der Waals surface area contributed by atoms with Crippen molar-refractivity contribution in [3.05, 3.63) is 34.8 Å². The van der Waals surface area contributed by atoms with E-state index >= 15 is 0 Å². The van der Waals surface area contributed by atoms with Gasteiger partial charge in [-0.25, -0.2) is 18.2 Å². The van der Waals surface area contributed by atoms with Gasteiger partial charge in [0, 0.05) is 16.3 Å². The van der Waals surface area contributed by atoms with Crippen LogP contribution < -0.4 is 15.4 Å². The van der Waals surface area contributed by atoms with Crippen LogP contribution in [0.4, 0.5) is 21.3 Å². The molecule has 2 rings (SSSR count). The predicted molar refractivity (Wildman–Crippen MR) is 89.1 cm³/mol. The van der Waals surface area contributed by atoms with Crippen molar-refractivity contribution in [2.75, 3.05) is 21.6 Å². The lowest BCUT2D eigenvalue weighted by molar-refractivity contribution is 0.262. The molecule has 0 aliphatic heterocycles. The van der Waals surface area contributed by atoms with E-state index in [4.69, 9.17) is 0 Å². The Morgan fingerprint density at radius 1 is 1.09 bits per heavy atom. The summed E-state index contributed by atoms with van der Waals surface area (Å²) in [4.78, 5) is 17.1. The molecule has 3 N–H and O–H groups in total. The molecule has 1 aromatic heterocycles. The molecule has 7 nitrogen and oxygen atoms in total. The fourth-order valence-corrected chi connectivity index (χ4v) is 3.00. The summed E-state index contributed by atoms with van der Waals surface area (Å²) < 4.78 is 24.5. The van der Waals surface area contributed by atoms with E-state index in [-0.39, 0.29) is 0 Å². The number of rotatable bonds is 4. The highest BCUT2D eigenvalue weighted by Crippen LogP contribution is 2.21. The largest absolute Gasteiger partial charge is 0.325 e. The first-order chi connectivity index (χ1) is 10.2. The zero-order valence-electron chi connectivity index (χ0n) is 12.3.